The molecule has 0 aromatic carbocycles. The Hall–Kier alpha value is 0. The molecule has 0 bridgehead atoms. The van der Waals surface area contributed by atoms with E-state index in [-0.39, 0.29) is 0 Å². The molecule has 12 heavy (non-hydrogen) atoms. The maximum Gasteiger partial charge on any atom is -0.0386 e. The van der Waals surface area contributed by atoms with Gasteiger partial charge in [0.25, 0.3) is 0 Å². The predicted molar refractivity (Wildman–Crippen MR) is 54.9 cm³/mol. The van der Waals surface area contributed by atoms with E-state index in [0.29, 0.717) is 0 Å². The van der Waals surface area contributed by atoms with Crippen LogP contribution in [0.15, 0.2) is 0 Å². The van der Waals surface area contributed by atoms with E-state index in [9.17, 15) is 0 Å². The standard InChI is InChI=1S/C12H23/c1-3-4-5-6-7-8-11(2)12-9-10-12/h11-12H,2-10H2,1H3. The van der Waals surface area contributed by atoms with Crippen molar-refractivity contribution < 1.29 is 0 Å². The maximum absolute atomic E-state index is 4.22. The van der Waals surface area contributed by atoms with E-state index in [4.69, 9.17) is 0 Å². The lowest BCUT2D eigenvalue weighted by molar-refractivity contribution is 0.477. The van der Waals surface area contributed by atoms with Crippen LogP contribution in [0.25, 0.3) is 0 Å². The Balaban J connectivity index is 1.81. The zero-order valence-corrected chi connectivity index (χ0v) is 8.52. The molecule has 1 rings (SSSR count). The smallest absolute Gasteiger partial charge is 0.0386 e. The fourth-order valence-corrected chi connectivity index (χ4v) is 1.81. The molecule has 1 saturated carbocycles. The van der Waals surface area contributed by atoms with E-state index < -0.39 is 0 Å². The van der Waals surface area contributed by atoms with Crippen LogP contribution in [0.2, 0.25) is 0 Å². The first kappa shape index (κ1) is 10.1. The van der Waals surface area contributed by atoms with Crippen LogP contribution in [0.1, 0.15) is 58.3 Å². The first-order chi connectivity index (χ1) is 5.84. The molecular formula is C12H23. The Kier molecular flexibility index (Phi) is 4.72. The van der Waals surface area contributed by atoms with Gasteiger partial charge in [0.1, 0.15) is 0 Å². The van der Waals surface area contributed by atoms with Gasteiger partial charge in [0.2, 0.25) is 0 Å². The van der Waals surface area contributed by atoms with Crippen molar-refractivity contribution in [3.05, 3.63) is 6.92 Å². The lowest BCUT2D eigenvalue weighted by Gasteiger charge is -2.08. The molecule has 0 saturated heterocycles. The summed E-state index contributed by atoms with van der Waals surface area (Å²) in [5.74, 6) is 1.79. The lowest BCUT2D eigenvalue weighted by atomic mass is 9.98. The minimum Gasteiger partial charge on any atom is -0.0654 e. The summed E-state index contributed by atoms with van der Waals surface area (Å²) in [4.78, 5) is 0. The molecule has 1 atom stereocenters. The molecule has 1 aliphatic carbocycles. The number of rotatable bonds is 7. The van der Waals surface area contributed by atoms with Crippen molar-refractivity contribution >= 4 is 0 Å². The van der Waals surface area contributed by atoms with Crippen molar-refractivity contribution in [2.75, 3.05) is 0 Å². The zero-order valence-electron chi connectivity index (χ0n) is 8.52. The third kappa shape index (κ3) is 4.13. The number of hydrogen-bond donors (Lipinski definition) is 0. The van der Waals surface area contributed by atoms with E-state index in [1.807, 2.05) is 0 Å². The summed E-state index contributed by atoms with van der Waals surface area (Å²) in [6.45, 7) is 6.49. The lowest BCUT2D eigenvalue weighted by Crippen LogP contribution is -1.96. The van der Waals surface area contributed by atoms with Crippen molar-refractivity contribution in [1.82, 2.24) is 0 Å². The van der Waals surface area contributed by atoms with Crippen molar-refractivity contribution in [2.24, 2.45) is 11.8 Å². The fraction of sp³-hybridized carbons (Fsp3) is 0.917. The van der Waals surface area contributed by atoms with Crippen LogP contribution < -0.4 is 0 Å². The van der Waals surface area contributed by atoms with E-state index in [2.05, 4.69) is 13.8 Å². The van der Waals surface area contributed by atoms with Crippen molar-refractivity contribution in [1.29, 1.82) is 0 Å². The van der Waals surface area contributed by atoms with Crippen LogP contribution in [-0.2, 0) is 0 Å². The van der Waals surface area contributed by atoms with Crippen LogP contribution in [0.3, 0.4) is 0 Å². The Morgan fingerprint density at radius 2 is 1.83 bits per heavy atom. The monoisotopic (exact) mass is 167 g/mol. The van der Waals surface area contributed by atoms with E-state index >= 15 is 0 Å². The maximum atomic E-state index is 4.22. The second-order valence-corrected chi connectivity index (χ2v) is 4.30. The van der Waals surface area contributed by atoms with Gasteiger partial charge in [0.05, 0.1) is 0 Å². The van der Waals surface area contributed by atoms with Crippen molar-refractivity contribution in [3.8, 4) is 0 Å². The third-order valence-electron chi connectivity index (χ3n) is 2.97. The summed E-state index contributed by atoms with van der Waals surface area (Å²) in [6, 6.07) is 0. The van der Waals surface area contributed by atoms with Crippen LogP contribution in [0.4, 0.5) is 0 Å². The summed E-state index contributed by atoms with van der Waals surface area (Å²) in [5, 5.41) is 0. The topological polar surface area (TPSA) is 0 Å². The van der Waals surface area contributed by atoms with Gasteiger partial charge in [-0.25, -0.2) is 0 Å². The molecule has 71 valence electrons. The molecule has 1 radical (unpaired) electrons. The van der Waals surface area contributed by atoms with Gasteiger partial charge in [0, 0.05) is 0 Å². The molecule has 1 aliphatic rings. The van der Waals surface area contributed by atoms with Gasteiger partial charge in [-0.05, 0) is 31.6 Å². The zero-order chi connectivity index (χ0) is 8.81. The van der Waals surface area contributed by atoms with Crippen LogP contribution in [0, 0.1) is 18.8 Å². The van der Waals surface area contributed by atoms with E-state index in [0.717, 1.165) is 11.8 Å². The van der Waals surface area contributed by atoms with Crippen molar-refractivity contribution in [3.63, 3.8) is 0 Å². The highest BCUT2D eigenvalue weighted by molar-refractivity contribution is 4.82. The SMILES string of the molecule is [CH2]C(CCCCCCC)C1CC1. The predicted octanol–water partition coefficient (Wildman–Crippen LogP) is 4.21. The molecule has 0 heterocycles. The van der Waals surface area contributed by atoms with Gasteiger partial charge in [-0.3, -0.25) is 0 Å². The number of unbranched alkanes of at least 4 members (excludes halogenated alkanes) is 4. The first-order valence-corrected chi connectivity index (χ1v) is 5.67. The van der Waals surface area contributed by atoms with Crippen LogP contribution >= 0.6 is 0 Å². The summed E-state index contributed by atoms with van der Waals surface area (Å²) >= 11 is 0. The Bertz CT molecular complexity index is 103. The molecular weight excluding hydrogens is 144 g/mol. The van der Waals surface area contributed by atoms with Gasteiger partial charge in [-0.1, -0.05) is 45.4 Å². The molecule has 0 spiro atoms. The third-order valence-corrected chi connectivity index (χ3v) is 2.97. The average Bonchev–Trinajstić information content (AvgIpc) is 2.86. The van der Waals surface area contributed by atoms with Gasteiger partial charge < -0.3 is 0 Å². The highest BCUT2D eigenvalue weighted by Crippen LogP contribution is 2.38. The average molecular weight is 167 g/mol. The van der Waals surface area contributed by atoms with E-state index in [1.54, 1.807) is 0 Å². The minimum atomic E-state index is 0.784. The Morgan fingerprint density at radius 1 is 1.17 bits per heavy atom. The molecule has 1 unspecified atom stereocenters. The van der Waals surface area contributed by atoms with Crippen molar-refractivity contribution in [2.45, 2.75) is 58.3 Å². The number of hydrogen-bond acceptors (Lipinski definition) is 0. The Labute approximate surface area is 77.7 Å². The van der Waals surface area contributed by atoms with Gasteiger partial charge in [0.15, 0.2) is 0 Å². The van der Waals surface area contributed by atoms with E-state index in [1.165, 1.54) is 51.4 Å². The summed E-state index contributed by atoms with van der Waals surface area (Å²) in [7, 11) is 0. The highest BCUT2D eigenvalue weighted by Gasteiger charge is 2.26. The molecule has 0 aliphatic heterocycles. The molecule has 0 nitrogen and oxygen atoms in total. The normalized spacial score (nSPS) is 19.5. The van der Waals surface area contributed by atoms with Gasteiger partial charge in [-0.15, -0.1) is 0 Å². The summed E-state index contributed by atoms with van der Waals surface area (Å²) in [6.07, 6.45) is 11.4. The summed E-state index contributed by atoms with van der Waals surface area (Å²) < 4.78 is 0. The minimum absolute atomic E-state index is 0.784. The van der Waals surface area contributed by atoms with Gasteiger partial charge in [-0.2, -0.15) is 0 Å². The second-order valence-electron chi connectivity index (χ2n) is 4.30. The van der Waals surface area contributed by atoms with Crippen LogP contribution in [-0.4, -0.2) is 0 Å². The molecule has 0 N–H and O–H groups in total. The largest absolute Gasteiger partial charge is 0.0654 e. The summed E-state index contributed by atoms with van der Waals surface area (Å²) in [5.41, 5.74) is 0. The molecule has 0 aromatic rings. The fourth-order valence-electron chi connectivity index (χ4n) is 1.81. The molecule has 0 amide bonds. The second kappa shape index (κ2) is 5.61. The quantitative estimate of drug-likeness (QED) is 0.498. The Morgan fingerprint density at radius 3 is 2.42 bits per heavy atom. The molecule has 0 heteroatoms. The first-order valence-electron chi connectivity index (χ1n) is 5.67. The molecule has 0 aromatic heterocycles. The van der Waals surface area contributed by atoms with Crippen LogP contribution in [0.5, 0.6) is 0 Å². The van der Waals surface area contributed by atoms with Gasteiger partial charge >= 0.3 is 0 Å². The highest BCUT2D eigenvalue weighted by atomic mass is 14.3. The molecule has 1 fully saturated rings.